The highest BCUT2D eigenvalue weighted by Gasteiger charge is 2.43. The van der Waals surface area contributed by atoms with Gasteiger partial charge in [0.2, 0.25) is 0 Å². The Balaban J connectivity index is 1.37. The van der Waals surface area contributed by atoms with E-state index in [1.807, 2.05) is 23.1 Å². The number of hydrogen-bond acceptors (Lipinski definition) is 3. The maximum Gasteiger partial charge on any atom is 0.261 e. The maximum absolute atomic E-state index is 12.5. The Kier molecular flexibility index (Phi) is 3.76. The minimum absolute atomic E-state index is 0.101. The van der Waals surface area contributed by atoms with Gasteiger partial charge in [-0.05, 0) is 55.7 Å². The van der Waals surface area contributed by atoms with Crippen LogP contribution in [0.2, 0.25) is 0 Å². The van der Waals surface area contributed by atoms with Crippen LogP contribution in [0.15, 0.2) is 24.5 Å². The van der Waals surface area contributed by atoms with Crippen molar-refractivity contribution in [2.75, 3.05) is 6.54 Å². The van der Waals surface area contributed by atoms with Crippen LogP contribution >= 0.6 is 11.3 Å². The molecule has 0 aromatic carbocycles. The third-order valence-electron chi connectivity index (χ3n) is 5.19. The highest BCUT2D eigenvalue weighted by molar-refractivity contribution is 7.14. The summed E-state index contributed by atoms with van der Waals surface area (Å²) in [6.07, 6.45) is 9.67. The lowest BCUT2D eigenvalue weighted by molar-refractivity contribution is 0.0946. The summed E-state index contributed by atoms with van der Waals surface area (Å²) in [5, 5.41) is 7.45. The number of carbonyl (C=O) groups is 1. The Morgan fingerprint density at radius 2 is 2.39 bits per heavy atom. The highest BCUT2D eigenvalue weighted by Crippen LogP contribution is 2.46. The van der Waals surface area contributed by atoms with Gasteiger partial charge in [-0.2, -0.15) is 5.10 Å². The van der Waals surface area contributed by atoms with E-state index in [0.29, 0.717) is 0 Å². The van der Waals surface area contributed by atoms with Gasteiger partial charge in [0.15, 0.2) is 0 Å². The highest BCUT2D eigenvalue weighted by atomic mass is 32.1. The fraction of sp³-hybridized carbons (Fsp3) is 0.556. The number of rotatable bonds is 5. The monoisotopic (exact) mass is 329 g/mol. The zero-order chi connectivity index (χ0) is 15.9. The number of thiophene rings is 1. The molecule has 0 spiro atoms. The Hall–Kier alpha value is -1.62. The Bertz CT molecular complexity index is 700. The molecule has 1 N–H and O–H groups in total. The van der Waals surface area contributed by atoms with Crippen molar-refractivity contribution >= 4 is 17.2 Å². The van der Waals surface area contributed by atoms with Crippen LogP contribution in [0, 0.1) is 11.3 Å². The van der Waals surface area contributed by atoms with E-state index in [4.69, 9.17) is 0 Å². The van der Waals surface area contributed by atoms with E-state index in [9.17, 15) is 4.79 Å². The molecule has 5 heteroatoms. The van der Waals surface area contributed by atoms with Crippen LogP contribution in [0.5, 0.6) is 0 Å². The predicted octanol–water partition coefficient (Wildman–Crippen LogP) is 3.28. The molecule has 2 aliphatic rings. The van der Waals surface area contributed by atoms with Gasteiger partial charge in [-0.25, -0.2) is 0 Å². The van der Waals surface area contributed by atoms with E-state index in [1.165, 1.54) is 29.7 Å². The predicted molar refractivity (Wildman–Crippen MR) is 91.7 cm³/mol. The third kappa shape index (κ3) is 3.20. The van der Waals surface area contributed by atoms with Crippen molar-refractivity contribution in [3.8, 4) is 0 Å². The third-order valence-corrected chi connectivity index (χ3v) is 6.43. The summed E-state index contributed by atoms with van der Waals surface area (Å²) in [5.74, 6) is 0.848. The number of aryl methyl sites for hydroxylation is 1. The number of amides is 1. The van der Waals surface area contributed by atoms with Gasteiger partial charge in [0.05, 0.1) is 4.88 Å². The van der Waals surface area contributed by atoms with Crippen molar-refractivity contribution in [3.05, 3.63) is 39.8 Å². The van der Waals surface area contributed by atoms with E-state index >= 15 is 0 Å². The van der Waals surface area contributed by atoms with Gasteiger partial charge in [-0.1, -0.05) is 6.92 Å². The SMILES string of the molecule is C[C@H]1CCc2sc(C(=O)NCC3(Cn4cccn4)CC3)cc2C1. The topological polar surface area (TPSA) is 46.9 Å². The molecule has 0 aliphatic heterocycles. The molecule has 0 radical (unpaired) electrons. The number of carbonyl (C=O) groups excluding carboxylic acids is 1. The van der Waals surface area contributed by atoms with Crippen LogP contribution in [-0.2, 0) is 19.4 Å². The molecule has 1 fully saturated rings. The summed E-state index contributed by atoms with van der Waals surface area (Å²) in [5.41, 5.74) is 1.61. The van der Waals surface area contributed by atoms with E-state index < -0.39 is 0 Å². The van der Waals surface area contributed by atoms with E-state index in [0.717, 1.165) is 36.7 Å². The molecule has 1 amide bonds. The van der Waals surface area contributed by atoms with E-state index in [2.05, 4.69) is 23.4 Å². The first-order valence-corrected chi connectivity index (χ1v) is 9.32. The van der Waals surface area contributed by atoms with E-state index in [1.54, 1.807) is 11.3 Å². The molecule has 122 valence electrons. The fourth-order valence-electron chi connectivity index (χ4n) is 3.48. The summed E-state index contributed by atoms with van der Waals surface area (Å²) in [6.45, 7) is 3.95. The minimum Gasteiger partial charge on any atom is -0.351 e. The number of nitrogens with zero attached hydrogens (tertiary/aromatic N) is 2. The zero-order valence-corrected chi connectivity index (χ0v) is 14.4. The minimum atomic E-state index is 0.101. The summed E-state index contributed by atoms with van der Waals surface area (Å²) < 4.78 is 1.98. The average Bonchev–Trinajstić information content (AvgIpc) is 2.95. The van der Waals surface area contributed by atoms with Gasteiger partial charge < -0.3 is 5.32 Å². The first kappa shape index (κ1) is 14.9. The molecular formula is C18H23N3OS. The van der Waals surface area contributed by atoms with Crippen LogP contribution in [0.4, 0.5) is 0 Å². The molecule has 2 aromatic rings. The van der Waals surface area contributed by atoms with Crippen LogP contribution in [0.1, 0.15) is 46.3 Å². The van der Waals surface area contributed by atoms with Crippen LogP contribution in [0.3, 0.4) is 0 Å². The molecule has 4 rings (SSSR count). The summed E-state index contributed by atoms with van der Waals surface area (Å²) in [4.78, 5) is 14.8. The van der Waals surface area contributed by atoms with Gasteiger partial charge in [-0.3, -0.25) is 9.48 Å². The summed E-state index contributed by atoms with van der Waals surface area (Å²) in [6, 6.07) is 4.07. The molecular weight excluding hydrogens is 306 g/mol. The molecule has 0 bridgehead atoms. The fourth-order valence-corrected chi connectivity index (χ4v) is 4.60. The lowest BCUT2D eigenvalue weighted by Crippen LogP contribution is -2.32. The van der Waals surface area contributed by atoms with Crippen LogP contribution < -0.4 is 5.32 Å². The first-order chi connectivity index (χ1) is 11.1. The zero-order valence-electron chi connectivity index (χ0n) is 13.5. The molecule has 1 atom stereocenters. The van der Waals surface area contributed by atoms with Crippen molar-refractivity contribution in [1.29, 1.82) is 0 Å². The number of aromatic nitrogens is 2. The number of hydrogen-bond donors (Lipinski definition) is 1. The second kappa shape index (κ2) is 5.78. The molecule has 0 unspecified atom stereocenters. The molecule has 23 heavy (non-hydrogen) atoms. The van der Waals surface area contributed by atoms with Gasteiger partial charge >= 0.3 is 0 Å². The van der Waals surface area contributed by atoms with Crippen molar-refractivity contribution in [3.63, 3.8) is 0 Å². The van der Waals surface area contributed by atoms with Crippen LogP contribution in [-0.4, -0.2) is 22.2 Å². The van der Waals surface area contributed by atoms with Crippen molar-refractivity contribution in [2.24, 2.45) is 11.3 Å². The number of nitrogens with one attached hydrogen (secondary N) is 1. The van der Waals surface area contributed by atoms with Crippen molar-refractivity contribution < 1.29 is 4.79 Å². The summed E-state index contributed by atoms with van der Waals surface area (Å²) >= 11 is 1.69. The van der Waals surface area contributed by atoms with Crippen LogP contribution in [0.25, 0.3) is 0 Å². The second-order valence-electron chi connectivity index (χ2n) is 7.29. The quantitative estimate of drug-likeness (QED) is 0.915. The molecule has 0 saturated heterocycles. The second-order valence-corrected chi connectivity index (χ2v) is 8.43. The Labute approximate surface area is 140 Å². The largest absolute Gasteiger partial charge is 0.351 e. The Morgan fingerprint density at radius 1 is 1.52 bits per heavy atom. The molecule has 1 saturated carbocycles. The van der Waals surface area contributed by atoms with Crippen molar-refractivity contribution in [1.82, 2.24) is 15.1 Å². The van der Waals surface area contributed by atoms with Crippen molar-refractivity contribution in [2.45, 2.75) is 45.6 Å². The Morgan fingerprint density at radius 3 is 3.13 bits per heavy atom. The van der Waals surface area contributed by atoms with Gasteiger partial charge in [0.1, 0.15) is 0 Å². The van der Waals surface area contributed by atoms with Gasteiger partial charge in [0, 0.05) is 35.8 Å². The normalized spacial score (nSPS) is 21.7. The smallest absolute Gasteiger partial charge is 0.261 e. The summed E-state index contributed by atoms with van der Waals surface area (Å²) in [7, 11) is 0. The van der Waals surface area contributed by atoms with Gasteiger partial charge in [0.25, 0.3) is 5.91 Å². The van der Waals surface area contributed by atoms with Gasteiger partial charge in [-0.15, -0.1) is 11.3 Å². The molecule has 2 aromatic heterocycles. The average molecular weight is 329 g/mol. The first-order valence-electron chi connectivity index (χ1n) is 8.51. The molecule has 2 aliphatic carbocycles. The maximum atomic E-state index is 12.5. The standard InChI is InChI=1S/C18H23N3OS/c1-13-3-4-15-14(9-13)10-16(23-15)17(22)19-11-18(5-6-18)12-21-8-2-7-20-21/h2,7-8,10,13H,3-6,9,11-12H2,1H3,(H,19,22)/t13-/m0/s1. The number of fused-ring (bicyclic) bond motifs is 1. The lowest BCUT2D eigenvalue weighted by Gasteiger charge is -2.16. The molecule has 2 heterocycles. The molecule has 4 nitrogen and oxygen atoms in total. The van der Waals surface area contributed by atoms with E-state index in [-0.39, 0.29) is 11.3 Å². The lowest BCUT2D eigenvalue weighted by atomic mass is 9.90.